The summed E-state index contributed by atoms with van der Waals surface area (Å²) in [5, 5.41) is 3.18. The van der Waals surface area contributed by atoms with Gasteiger partial charge in [0.1, 0.15) is 11.5 Å². The fourth-order valence-corrected chi connectivity index (χ4v) is 4.56. The van der Waals surface area contributed by atoms with Crippen molar-refractivity contribution in [3.05, 3.63) is 68.4 Å². The predicted molar refractivity (Wildman–Crippen MR) is 181 cm³/mol. The van der Waals surface area contributed by atoms with Crippen molar-refractivity contribution in [2.24, 2.45) is 7.05 Å². The molecule has 0 saturated carbocycles. The van der Waals surface area contributed by atoms with Crippen molar-refractivity contribution in [1.29, 1.82) is 0 Å². The molecular formula is C35H52N4O6. The van der Waals surface area contributed by atoms with E-state index in [4.69, 9.17) is 24.7 Å². The number of aromatic nitrogens is 2. The van der Waals surface area contributed by atoms with Gasteiger partial charge in [0.15, 0.2) is 23.0 Å². The first-order valence-corrected chi connectivity index (χ1v) is 16.4. The van der Waals surface area contributed by atoms with Crippen molar-refractivity contribution in [2.75, 3.05) is 37.5 Å². The molecule has 10 nitrogen and oxygen atoms in total. The van der Waals surface area contributed by atoms with E-state index in [1.54, 1.807) is 0 Å². The van der Waals surface area contributed by atoms with Gasteiger partial charge < -0.3 is 30.0 Å². The minimum atomic E-state index is -0.500. The molecule has 0 spiro atoms. The number of unbranched alkanes of at least 4 members (excludes halogenated alkanes) is 4. The Morgan fingerprint density at radius 3 is 1.60 bits per heavy atom. The van der Waals surface area contributed by atoms with Gasteiger partial charge in [-0.15, -0.1) is 0 Å². The van der Waals surface area contributed by atoms with Crippen LogP contribution in [0.3, 0.4) is 0 Å². The molecule has 0 saturated heterocycles. The maximum absolute atomic E-state index is 13.2. The number of nitrogens with two attached hydrogens (primary N) is 1. The van der Waals surface area contributed by atoms with Crippen LogP contribution >= 0.6 is 0 Å². The molecule has 3 N–H and O–H groups in total. The van der Waals surface area contributed by atoms with Crippen LogP contribution in [0.5, 0.6) is 23.0 Å². The van der Waals surface area contributed by atoms with Crippen LogP contribution in [0.1, 0.15) is 90.2 Å². The topological polar surface area (TPSA) is 119 Å². The number of nitrogens with zero attached hydrogens (tertiary/aromatic N) is 2. The fourth-order valence-electron chi connectivity index (χ4n) is 4.56. The number of ether oxygens (including phenoxy) is 4. The van der Waals surface area contributed by atoms with Crippen molar-refractivity contribution >= 4 is 11.5 Å². The highest BCUT2D eigenvalue weighted by atomic mass is 16.5. The van der Waals surface area contributed by atoms with Crippen molar-refractivity contribution in [3.8, 4) is 23.0 Å². The zero-order valence-corrected chi connectivity index (χ0v) is 27.8. The number of nitrogens with one attached hydrogen (secondary N) is 1. The molecule has 45 heavy (non-hydrogen) atoms. The van der Waals surface area contributed by atoms with Crippen LogP contribution in [0.2, 0.25) is 0 Å². The summed E-state index contributed by atoms with van der Waals surface area (Å²) in [5.74, 6) is 2.74. The van der Waals surface area contributed by atoms with Gasteiger partial charge in [-0.05, 0) is 61.1 Å². The molecule has 0 unspecified atom stereocenters. The summed E-state index contributed by atoms with van der Waals surface area (Å²) < 4.78 is 26.5. The van der Waals surface area contributed by atoms with E-state index in [0.29, 0.717) is 56.0 Å². The highest BCUT2D eigenvalue weighted by Gasteiger charge is 2.17. The lowest BCUT2D eigenvalue weighted by atomic mass is 10.2. The maximum Gasteiger partial charge on any atom is 0.332 e. The second-order valence-electron chi connectivity index (χ2n) is 11.2. The van der Waals surface area contributed by atoms with E-state index in [9.17, 15) is 9.59 Å². The van der Waals surface area contributed by atoms with Gasteiger partial charge in [0.2, 0.25) is 0 Å². The predicted octanol–water partition coefficient (Wildman–Crippen LogP) is 6.51. The third-order valence-corrected chi connectivity index (χ3v) is 7.43. The lowest BCUT2D eigenvalue weighted by molar-refractivity contribution is 0.261. The van der Waals surface area contributed by atoms with Gasteiger partial charge >= 0.3 is 5.69 Å². The van der Waals surface area contributed by atoms with E-state index >= 15 is 0 Å². The lowest BCUT2D eigenvalue weighted by Gasteiger charge is -2.18. The molecule has 3 aromatic rings. The number of nitrogen functional groups attached to an aromatic ring is 1. The van der Waals surface area contributed by atoms with Crippen LogP contribution in [0.15, 0.2) is 46.0 Å². The van der Waals surface area contributed by atoms with Crippen LogP contribution in [0, 0.1) is 0 Å². The van der Waals surface area contributed by atoms with Gasteiger partial charge in [-0.3, -0.25) is 13.9 Å². The molecule has 0 aliphatic rings. The van der Waals surface area contributed by atoms with E-state index in [1.165, 1.54) is 11.6 Å². The summed E-state index contributed by atoms with van der Waals surface area (Å²) in [7, 11) is 1.46. The normalized spacial score (nSPS) is 11.0. The van der Waals surface area contributed by atoms with Crippen LogP contribution in [-0.2, 0) is 20.1 Å². The second-order valence-corrected chi connectivity index (χ2v) is 11.2. The standard InChI is InChI=1S/C35H52N4O6/c1-6-10-18-42-28-16-14-26(22-30(28)44-20-12-8-3)24-37-32-33(36)39(35(41)38(5)34(32)40)25-27-15-17-29(43-19-11-7-2)31(23-27)45-21-13-9-4/h14-17,22-23,37H,6-13,18-21,24-25,36H2,1-5H3. The number of anilines is 2. The van der Waals surface area contributed by atoms with Gasteiger partial charge in [-0.25, -0.2) is 4.79 Å². The molecule has 1 heterocycles. The number of hydrogen-bond donors (Lipinski definition) is 2. The molecule has 0 atom stereocenters. The molecule has 0 bridgehead atoms. The quantitative estimate of drug-likeness (QED) is 0.129. The van der Waals surface area contributed by atoms with Gasteiger partial charge in [0.05, 0.1) is 33.0 Å². The first-order chi connectivity index (χ1) is 21.8. The zero-order valence-electron chi connectivity index (χ0n) is 27.8. The summed E-state index contributed by atoms with van der Waals surface area (Å²) in [4.78, 5) is 26.4. The Kier molecular flexibility index (Phi) is 14.7. The highest BCUT2D eigenvalue weighted by Crippen LogP contribution is 2.31. The van der Waals surface area contributed by atoms with Crippen molar-refractivity contribution < 1.29 is 18.9 Å². The third-order valence-electron chi connectivity index (χ3n) is 7.43. The Hall–Kier alpha value is -4.08. The average Bonchev–Trinajstić information content (AvgIpc) is 3.04. The van der Waals surface area contributed by atoms with Gasteiger partial charge in [-0.2, -0.15) is 0 Å². The zero-order chi connectivity index (χ0) is 32.6. The Morgan fingerprint density at radius 2 is 1.11 bits per heavy atom. The minimum absolute atomic E-state index is 0.0683. The van der Waals surface area contributed by atoms with E-state index in [2.05, 4.69) is 33.0 Å². The summed E-state index contributed by atoms with van der Waals surface area (Å²) in [5.41, 5.74) is 7.36. The van der Waals surface area contributed by atoms with Crippen molar-refractivity contribution in [3.63, 3.8) is 0 Å². The van der Waals surface area contributed by atoms with Crippen LogP contribution in [0.4, 0.5) is 11.5 Å². The van der Waals surface area contributed by atoms with Crippen LogP contribution in [-0.4, -0.2) is 35.6 Å². The summed E-state index contributed by atoms with van der Waals surface area (Å²) >= 11 is 0. The first-order valence-electron chi connectivity index (χ1n) is 16.4. The van der Waals surface area contributed by atoms with Gasteiger partial charge in [-0.1, -0.05) is 65.5 Å². The maximum atomic E-state index is 13.2. The average molecular weight is 625 g/mol. The monoisotopic (exact) mass is 624 g/mol. The summed E-state index contributed by atoms with van der Waals surface area (Å²) in [6, 6.07) is 11.4. The van der Waals surface area contributed by atoms with Crippen LogP contribution < -0.4 is 41.2 Å². The molecular weight excluding hydrogens is 572 g/mol. The minimum Gasteiger partial charge on any atom is -0.490 e. The van der Waals surface area contributed by atoms with E-state index < -0.39 is 11.2 Å². The van der Waals surface area contributed by atoms with Crippen LogP contribution in [0.25, 0.3) is 0 Å². The van der Waals surface area contributed by atoms with Crippen molar-refractivity contribution in [1.82, 2.24) is 9.13 Å². The molecule has 2 aromatic carbocycles. The molecule has 0 radical (unpaired) electrons. The molecule has 248 valence electrons. The number of rotatable bonds is 21. The Labute approximate surface area is 267 Å². The Balaban J connectivity index is 1.86. The molecule has 1 aromatic heterocycles. The summed E-state index contributed by atoms with van der Waals surface area (Å²) in [6.07, 6.45) is 7.86. The van der Waals surface area contributed by atoms with E-state index in [0.717, 1.165) is 67.1 Å². The molecule has 3 rings (SSSR count). The summed E-state index contributed by atoms with van der Waals surface area (Å²) in [6.45, 7) is 11.3. The first kappa shape index (κ1) is 35.4. The van der Waals surface area contributed by atoms with E-state index in [1.807, 2.05) is 36.4 Å². The molecule has 0 aliphatic heterocycles. The molecule has 10 heteroatoms. The smallest absolute Gasteiger partial charge is 0.332 e. The Morgan fingerprint density at radius 1 is 0.667 bits per heavy atom. The van der Waals surface area contributed by atoms with Crippen molar-refractivity contribution in [2.45, 2.75) is 92.2 Å². The second kappa shape index (κ2) is 18.7. The lowest BCUT2D eigenvalue weighted by Crippen LogP contribution is -2.41. The largest absolute Gasteiger partial charge is 0.490 e. The SMILES string of the molecule is CCCCOc1ccc(CNc2c(N)n(Cc3ccc(OCCCC)c(OCCCC)c3)c(=O)n(C)c2=O)cc1OCCCC. The number of benzene rings is 2. The molecule has 0 aliphatic carbocycles. The molecule has 0 fully saturated rings. The van der Waals surface area contributed by atoms with E-state index in [-0.39, 0.29) is 18.1 Å². The highest BCUT2D eigenvalue weighted by molar-refractivity contribution is 5.61. The Bertz CT molecular complexity index is 1470. The third kappa shape index (κ3) is 10.2. The number of hydrogen-bond acceptors (Lipinski definition) is 8. The van der Waals surface area contributed by atoms with Gasteiger partial charge in [0.25, 0.3) is 5.56 Å². The fraction of sp³-hybridized carbons (Fsp3) is 0.543. The molecule has 0 amide bonds. The van der Waals surface area contributed by atoms with Gasteiger partial charge in [0, 0.05) is 13.6 Å².